The number of hydrogen-bond donors (Lipinski definition) is 2. The number of aromatic nitrogens is 1. The summed E-state index contributed by atoms with van der Waals surface area (Å²) in [6, 6.07) is 5.49. The third kappa shape index (κ3) is 2.89. The minimum Gasteiger partial charge on any atom is -0.398 e. The van der Waals surface area contributed by atoms with E-state index in [1.54, 1.807) is 18.5 Å². The fourth-order valence-electron chi connectivity index (χ4n) is 1.74. The van der Waals surface area contributed by atoms with Crippen molar-refractivity contribution < 1.29 is 8.42 Å². The molecule has 96 valence electrons. The average Bonchev–Trinajstić information content (AvgIpc) is 2.31. The van der Waals surface area contributed by atoms with Gasteiger partial charge in [0, 0.05) is 47.3 Å². The predicted octanol–water partition coefficient (Wildman–Crippen LogP) is 1.27. The Kier molecular flexibility index (Phi) is 3.38. The molecular weight excluding hydrogens is 250 g/mol. The highest BCUT2D eigenvalue weighted by Gasteiger charge is 2.05. The quantitative estimate of drug-likeness (QED) is 0.813. The lowest BCUT2D eigenvalue weighted by atomic mass is 10.1. The third-order valence-corrected chi connectivity index (χ3v) is 3.59. The predicted molar refractivity (Wildman–Crippen MR) is 74.4 cm³/mol. The Labute approximate surface area is 106 Å². The van der Waals surface area contributed by atoms with E-state index in [0.29, 0.717) is 12.2 Å². The fourth-order valence-corrected chi connectivity index (χ4v) is 2.21. The second-order valence-corrected chi connectivity index (χ2v) is 6.44. The van der Waals surface area contributed by atoms with Crippen LogP contribution in [-0.2, 0) is 9.84 Å². The summed E-state index contributed by atoms with van der Waals surface area (Å²) >= 11 is 0. The zero-order chi connectivity index (χ0) is 13.2. The zero-order valence-electron chi connectivity index (χ0n) is 10.1. The molecule has 0 aliphatic rings. The van der Waals surface area contributed by atoms with E-state index in [9.17, 15) is 8.42 Å². The number of pyridine rings is 1. The molecule has 0 radical (unpaired) electrons. The van der Waals surface area contributed by atoms with Crippen LogP contribution in [-0.4, -0.2) is 32.0 Å². The highest BCUT2D eigenvalue weighted by atomic mass is 32.2. The number of nitrogens with two attached hydrogens (primary N) is 1. The van der Waals surface area contributed by atoms with Crippen molar-refractivity contribution in [3.8, 4) is 0 Å². The normalized spacial score (nSPS) is 11.6. The first-order valence-electron chi connectivity index (χ1n) is 5.51. The van der Waals surface area contributed by atoms with Crippen molar-refractivity contribution in [2.45, 2.75) is 0 Å². The average molecular weight is 265 g/mol. The second kappa shape index (κ2) is 4.81. The Bertz CT molecular complexity index is 668. The van der Waals surface area contributed by atoms with Crippen molar-refractivity contribution in [3.05, 3.63) is 30.6 Å². The number of nitrogen functional groups attached to an aromatic ring is 1. The lowest BCUT2D eigenvalue weighted by Gasteiger charge is -2.10. The molecule has 0 fully saturated rings. The monoisotopic (exact) mass is 265 g/mol. The Morgan fingerprint density at radius 2 is 2.06 bits per heavy atom. The van der Waals surface area contributed by atoms with Crippen LogP contribution >= 0.6 is 0 Å². The van der Waals surface area contributed by atoms with Crippen LogP contribution in [0.3, 0.4) is 0 Å². The fraction of sp³-hybridized carbons (Fsp3) is 0.250. The Balaban J connectivity index is 2.26. The van der Waals surface area contributed by atoms with E-state index in [1.807, 2.05) is 12.1 Å². The van der Waals surface area contributed by atoms with Crippen LogP contribution in [0.4, 0.5) is 11.4 Å². The molecule has 0 aliphatic heterocycles. The molecule has 0 bridgehead atoms. The molecule has 5 nitrogen and oxygen atoms in total. The van der Waals surface area contributed by atoms with Gasteiger partial charge in [-0.1, -0.05) is 0 Å². The molecule has 2 aromatic rings. The number of anilines is 2. The number of rotatable bonds is 4. The lowest BCUT2D eigenvalue weighted by Crippen LogP contribution is -2.14. The Morgan fingerprint density at radius 3 is 2.78 bits per heavy atom. The van der Waals surface area contributed by atoms with E-state index < -0.39 is 9.84 Å². The summed E-state index contributed by atoms with van der Waals surface area (Å²) in [5.41, 5.74) is 7.38. The van der Waals surface area contributed by atoms with Gasteiger partial charge in [0.1, 0.15) is 9.84 Å². The minimum absolute atomic E-state index is 0.101. The van der Waals surface area contributed by atoms with E-state index in [0.717, 1.165) is 16.5 Å². The lowest BCUT2D eigenvalue weighted by molar-refractivity contribution is 0.602. The molecule has 3 N–H and O–H groups in total. The van der Waals surface area contributed by atoms with Crippen molar-refractivity contribution >= 4 is 32.0 Å². The standard InChI is InChI=1S/C12H15N3O2S/c1-18(16,17)7-6-15-12-3-2-11(13)10-8-14-5-4-9(10)12/h2-5,8,15H,6-7,13H2,1H3. The summed E-state index contributed by atoms with van der Waals surface area (Å²) in [6.07, 6.45) is 4.61. The van der Waals surface area contributed by atoms with Crippen LogP contribution in [0.25, 0.3) is 10.8 Å². The first-order chi connectivity index (χ1) is 8.47. The van der Waals surface area contributed by atoms with Crippen LogP contribution in [0.1, 0.15) is 0 Å². The molecule has 2 rings (SSSR count). The summed E-state index contributed by atoms with van der Waals surface area (Å²) in [5, 5.41) is 4.91. The first kappa shape index (κ1) is 12.6. The number of benzene rings is 1. The Morgan fingerprint density at radius 1 is 1.28 bits per heavy atom. The maximum atomic E-state index is 11.1. The first-order valence-corrected chi connectivity index (χ1v) is 7.57. The third-order valence-electron chi connectivity index (χ3n) is 2.64. The highest BCUT2D eigenvalue weighted by molar-refractivity contribution is 7.90. The summed E-state index contributed by atoms with van der Waals surface area (Å²) in [6.45, 7) is 0.375. The van der Waals surface area contributed by atoms with Crippen LogP contribution < -0.4 is 11.1 Å². The van der Waals surface area contributed by atoms with Crippen molar-refractivity contribution in [1.82, 2.24) is 4.98 Å². The van der Waals surface area contributed by atoms with E-state index in [2.05, 4.69) is 10.3 Å². The second-order valence-electron chi connectivity index (χ2n) is 4.18. The van der Waals surface area contributed by atoms with E-state index >= 15 is 0 Å². The maximum absolute atomic E-state index is 11.1. The molecule has 0 saturated carbocycles. The van der Waals surface area contributed by atoms with Gasteiger partial charge in [0.2, 0.25) is 0 Å². The molecule has 0 atom stereocenters. The molecule has 1 heterocycles. The molecule has 1 aromatic heterocycles. The zero-order valence-corrected chi connectivity index (χ0v) is 10.9. The molecule has 0 spiro atoms. The highest BCUT2D eigenvalue weighted by Crippen LogP contribution is 2.27. The van der Waals surface area contributed by atoms with Crippen LogP contribution in [0.5, 0.6) is 0 Å². The van der Waals surface area contributed by atoms with Gasteiger partial charge in [-0.15, -0.1) is 0 Å². The molecular formula is C12H15N3O2S. The van der Waals surface area contributed by atoms with Crippen molar-refractivity contribution in [1.29, 1.82) is 0 Å². The van der Waals surface area contributed by atoms with Gasteiger partial charge >= 0.3 is 0 Å². The van der Waals surface area contributed by atoms with Gasteiger partial charge in [0.15, 0.2) is 0 Å². The molecule has 6 heteroatoms. The molecule has 0 saturated heterocycles. The van der Waals surface area contributed by atoms with Crippen molar-refractivity contribution in [3.63, 3.8) is 0 Å². The number of nitrogens with one attached hydrogen (secondary N) is 1. The topological polar surface area (TPSA) is 85.1 Å². The minimum atomic E-state index is -2.96. The van der Waals surface area contributed by atoms with E-state index in [-0.39, 0.29) is 5.75 Å². The van der Waals surface area contributed by atoms with Crippen molar-refractivity contribution in [2.75, 3.05) is 29.6 Å². The van der Waals surface area contributed by atoms with Gasteiger partial charge in [-0.3, -0.25) is 4.98 Å². The SMILES string of the molecule is CS(=O)(=O)CCNc1ccc(N)c2cnccc12. The molecule has 0 amide bonds. The number of sulfone groups is 1. The number of nitrogens with zero attached hydrogens (tertiary/aromatic N) is 1. The van der Waals surface area contributed by atoms with E-state index in [1.165, 1.54) is 6.26 Å². The Hall–Kier alpha value is -1.82. The summed E-state index contributed by atoms with van der Waals surface area (Å²) in [5.74, 6) is 0.101. The molecule has 1 aromatic carbocycles. The number of hydrogen-bond acceptors (Lipinski definition) is 5. The summed E-state index contributed by atoms with van der Waals surface area (Å²) in [4.78, 5) is 4.03. The smallest absolute Gasteiger partial charge is 0.149 e. The van der Waals surface area contributed by atoms with Crippen LogP contribution in [0.2, 0.25) is 0 Å². The largest absolute Gasteiger partial charge is 0.398 e. The van der Waals surface area contributed by atoms with Gasteiger partial charge in [-0.25, -0.2) is 8.42 Å². The van der Waals surface area contributed by atoms with Gasteiger partial charge in [-0.2, -0.15) is 0 Å². The van der Waals surface area contributed by atoms with Crippen molar-refractivity contribution in [2.24, 2.45) is 0 Å². The van der Waals surface area contributed by atoms with Gasteiger partial charge in [0.05, 0.1) is 5.75 Å². The van der Waals surface area contributed by atoms with E-state index in [4.69, 9.17) is 5.73 Å². The molecule has 0 aliphatic carbocycles. The summed E-state index contributed by atoms with van der Waals surface area (Å²) in [7, 11) is -2.96. The maximum Gasteiger partial charge on any atom is 0.149 e. The van der Waals surface area contributed by atoms with Gasteiger partial charge in [-0.05, 0) is 18.2 Å². The number of fused-ring (bicyclic) bond motifs is 1. The summed E-state index contributed by atoms with van der Waals surface area (Å²) < 4.78 is 22.1. The molecule has 0 unspecified atom stereocenters. The van der Waals surface area contributed by atoms with Crippen LogP contribution in [0, 0.1) is 0 Å². The van der Waals surface area contributed by atoms with Crippen LogP contribution in [0.15, 0.2) is 30.6 Å². The molecule has 18 heavy (non-hydrogen) atoms. The van der Waals surface area contributed by atoms with Gasteiger partial charge in [0.25, 0.3) is 0 Å². The van der Waals surface area contributed by atoms with Gasteiger partial charge < -0.3 is 11.1 Å².